The lowest BCUT2D eigenvalue weighted by Gasteiger charge is -2.22. The molecule has 5 heteroatoms. The number of halogens is 2. The van der Waals surface area contributed by atoms with Gasteiger partial charge in [0, 0.05) is 12.8 Å². The number of esters is 1. The third kappa shape index (κ3) is 3.58. The van der Waals surface area contributed by atoms with Gasteiger partial charge in [-0.15, -0.1) is 0 Å². The Hall–Kier alpha value is -0.970. The minimum atomic E-state index is -2.60. The van der Waals surface area contributed by atoms with Crippen LogP contribution >= 0.6 is 0 Å². The molecule has 0 amide bonds. The summed E-state index contributed by atoms with van der Waals surface area (Å²) in [6.45, 7) is 0. The van der Waals surface area contributed by atoms with Crippen molar-refractivity contribution in [2.24, 2.45) is 5.73 Å². The quantitative estimate of drug-likeness (QED) is 0.579. The van der Waals surface area contributed by atoms with Crippen LogP contribution in [0.4, 0.5) is 8.78 Å². The summed E-state index contributed by atoms with van der Waals surface area (Å²) in [5, 5.41) is 0. The normalized spacial score (nSPS) is 21.7. The Labute approximate surface area is 87.3 Å². The average molecular weight is 219 g/mol. The van der Waals surface area contributed by atoms with E-state index >= 15 is 0 Å². The topological polar surface area (TPSA) is 52.3 Å². The number of allylic oxidation sites excluding steroid dienone is 1. The van der Waals surface area contributed by atoms with Crippen LogP contribution in [0.5, 0.6) is 0 Å². The van der Waals surface area contributed by atoms with Gasteiger partial charge in [-0.25, -0.2) is 8.78 Å². The van der Waals surface area contributed by atoms with Gasteiger partial charge in [0.25, 0.3) is 5.92 Å². The molecule has 0 saturated carbocycles. The van der Waals surface area contributed by atoms with Crippen LogP contribution in [0.25, 0.3) is 0 Å². The monoisotopic (exact) mass is 219 g/mol. The van der Waals surface area contributed by atoms with E-state index in [0.29, 0.717) is 12.8 Å². The number of hydrogen-bond donors (Lipinski definition) is 1. The molecule has 1 atom stereocenters. The number of carbonyl (C=O) groups excluding carboxylic acids is 1. The summed E-state index contributed by atoms with van der Waals surface area (Å²) >= 11 is 0. The van der Waals surface area contributed by atoms with E-state index in [1.807, 2.05) is 0 Å². The van der Waals surface area contributed by atoms with Crippen molar-refractivity contribution in [2.45, 2.75) is 37.6 Å². The Bertz CT molecular complexity index is 277. The predicted octanol–water partition coefficient (Wildman–Crippen LogP) is 1.62. The van der Waals surface area contributed by atoms with Gasteiger partial charge in [-0.1, -0.05) is 11.6 Å². The molecule has 15 heavy (non-hydrogen) atoms. The maximum Gasteiger partial charge on any atom is 0.322 e. The van der Waals surface area contributed by atoms with Gasteiger partial charge in [-0.05, 0) is 12.8 Å². The van der Waals surface area contributed by atoms with Crippen LogP contribution in [0.15, 0.2) is 11.6 Å². The van der Waals surface area contributed by atoms with Gasteiger partial charge >= 0.3 is 5.97 Å². The molecule has 3 nitrogen and oxygen atoms in total. The number of hydrogen-bond acceptors (Lipinski definition) is 3. The molecule has 0 heterocycles. The number of methoxy groups -OCH3 is 1. The zero-order valence-electron chi connectivity index (χ0n) is 8.63. The van der Waals surface area contributed by atoms with Crippen molar-refractivity contribution in [3.63, 3.8) is 0 Å². The van der Waals surface area contributed by atoms with Crippen LogP contribution in [0, 0.1) is 0 Å². The lowest BCUT2D eigenvalue weighted by molar-refractivity contribution is -0.142. The summed E-state index contributed by atoms with van der Waals surface area (Å²) < 4.78 is 30.0. The summed E-state index contributed by atoms with van der Waals surface area (Å²) in [5.41, 5.74) is 6.34. The van der Waals surface area contributed by atoms with Crippen LogP contribution in [-0.2, 0) is 9.53 Å². The summed E-state index contributed by atoms with van der Waals surface area (Å²) in [7, 11) is 1.26. The SMILES string of the molecule is COC(=O)[C@@H](N)CC1=CCC(F)(F)CC1. The first-order valence-corrected chi connectivity index (χ1v) is 4.84. The minimum absolute atomic E-state index is 0.160. The number of carbonyl (C=O) groups is 1. The van der Waals surface area contributed by atoms with E-state index in [4.69, 9.17) is 5.73 Å². The molecule has 0 saturated heterocycles. The standard InChI is InChI=1S/C10H15F2NO2/c1-15-9(14)8(13)6-7-2-4-10(11,12)5-3-7/h2,8H,3-6,13H2,1H3/t8-/m0/s1. The Kier molecular flexibility index (Phi) is 3.79. The summed E-state index contributed by atoms with van der Waals surface area (Å²) in [5.74, 6) is -3.10. The lowest BCUT2D eigenvalue weighted by atomic mass is 9.92. The number of nitrogens with two attached hydrogens (primary N) is 1. The molecule has 0 spiro atoms. The largest absolute Gasteiger partial charge is 0.468 e. The van der Waals surface area contributed by atoms with Crippen molar-refractivity contribution >= 4 is 5.97 Å². The lowest BCUT2D eigenvalue weighted by Crippen LogP contribution is -2.32. The van der Waals surface area contributed by atoms with Gasteiger partial charge in [0.1, 0.15) is 6.04 Å². The second-order valence-corrected chi connectivity index (χ2v) is 3.76. The molecule has 0 aromatic carbocycles. The predicted molar refractivity (Wildman–Crippen MR) is 51.5 cm³/mol. The molecule has 86 valence electrons. The maximum atomic E-state index is 12.8. The molecule has 0 bridgehead atoms. The number of alkyl halides is 2. The second-order valence-electron chi connectivity index (χ2n) is 3.76. The Balaban J connectivity index is 2.47. The number of rotatable bonds is 3. The van der Waals surface area contributed by atoms with E-state index in [0.717, 1.165) is 5.57 Å². The van der Waals surface area contributed by atoms with Crippen LogP contribution < -0.4 is 5.73 Å². The highest BCUT2D eigenvalue weighted by molar-refractivity contribution is 5.75. The summed E-state index contributed by atoms with van der Waals surface area (Å²) in [6.07, 6.45) is 1.68. The Morgan fingerprint density at radius 3 is 2.87 bits per heavy atom. The van der Waals surface area contributed by atoms with E-state index in [2.05, 4.69) is 4.74 Å². The number of ether oxygens (including phenoxy) is 1. The first-order chi connectivity index (χ1) is 6.94. The van der Waals surface area contributed by atoms with E-state index in [9.17, 15) is 13.6 Å². The fourth-order valence-electron chi connectivity index (χ4n) is 1.54. The molecule has 1 rings (SSSR count). The highest BCUT2D eigenvalue weighted by Crippen LogP contribution is 2.33. The molecule has 0 aromatic rings. The van der Waals surface area contributed by atoms with Crippen molar-refractivity contribution in [1.29, 1.82) is 0 Å². The fourth-order valence-corrected chi connectivity index (χ4v) is 1.54. The van der Waals surface area contributed by atoms with Gasteiger partial charge in [0.05, 0.1) is 7.11 Å². The fraction of sp³-hybridized carbons (Fsp3) is 0.700. The Morgan fingerprint density at radius 1 is 1.73 bits per heavy atom. The zero-order valence-corrected chi connectivity index (χ0v) is 8.63. The third-order valence-electron chi connectivity index (χ3n) is 2.49. The highest BCUT2D eigenvalue weighted by atomic mass is 19.3. The molecule has 0 fully saturated rings. The van der Waals surface area contributed by atoms with Crippen molar-refractivity contribution in [3.8, 4) is 0 Å². The molecule has 0 aliphatic heterocycles. The van der Waals surface area contributed by atoms with Gasteiger partial charge in [-0.3, -0.25) is 4.79 Å². The van der Waals surface area contributed by atoms with Crippen molar-refractivity contribution in [1.82, 2.24) is 0 Å². The van der Waals surface area contributed by atoms with Crippen molar-refractivity contribution in [3.05, 3.63) is 11.6 Å². The van der Waals surface area contributed by atoms with E-state index in [1.165, 1.54) is 13.2 Å². The van der Waals surface area contributed by atoms with Crippen molar-refractivity contribution < 1.29 is 18.3 Å². The molecule has 1 aliphatic carbocycles. The first-order valence-electron chi connectivity index (χ1n) is 4.84. The van der Waals surface area contributed by atoms with E-state index in [-0.39, 0.29) is 12.8 Å². The molecule has 0 aromatic heterocycles. The van der Waals surface area contributed by atoms with Gasteiger partial charge < -0.3 is 10.5 Å². The van der Waals surface area contributed by atoms with Crippen LogP contribution in [-0.4, -0.2) is 25.0 Å². The zero-order chi connectivity index (χ0) is 11.5. The maximum absolute atomic E-state index is 12.8. The molecular weight excluding hydrogens is 204 g/mol. The van der Waals surface area contributed by atoms with Crippen LogP contribution in [0.2, 0.25) is 0 Å². The summed E-state index contributed by atoms with van der Waals surface area (Å²) in [4.78, 5) is 11.0. The van der Waals surface area contributed by atoms with Gasteiger partial charge in [-0.2, -0.15) is 0 Å². The van der Waals surface area contributed by atoms with Gasteiger partial charge in [0.15, 0.2) is 0 Å². The minimum Gasteiger partial charge on any atom is -0.468 e. The van der Waals surface area contributed by atoms with E-state index < -0.39 is 17.9 Å². The average Bonchev–Trinajstić information content (AvgIpc) is 2.20. The van der Waals surface area contributed by atoms with Gasteiger partial charge in [0.2, 0.25) is 0 Å². The summed E-state index contributed by atoms with van der Waals surface area (Å²) in [6, 6.07) is -0.743. The second kappa shape index (κ2) is 4.70. The molecular formula is C10H15F2NO2. The highest BCUT2D eigenvalue weighted by Gasteiger charge is 2.31. The Morgan fingerprint density at radius 2 is 2.40 bits per heavy atom. The molecule has 0 unspecified atom stereocenters. The van der Waals surface area contributed by atoms with Crippen LogP contribution in [0.1, 0.15) is 25.7 Å². The van der Waals surface area contributed by atoms with Crippen molar-refractivity contribution in [2.75, 3.05) is 7.11 Å². The molecule has 0 radical (unpaired) electrons. The molecule has 1 aliphatic rings. The third-order valence-corrected chi connectivity index (χ3v) is 2.49. The smallest absolute Gasteiger partial charge is 0.322 e. The molecule has 2 N–H and O–H groups in total. The van der Waals surface area contributed by atoms with Crippen LogP contribution in [0.3, 0.4) is 0 Å². The van der Waals surface area contributed by atoms with E-state index in [1.54, 1.807) is 0 Å². The first kappa shape index (κ1) is 12.1.